The van der Waals surface area contributed by atoms with Gasteiger partial charge in [-0.05, 0) is 46.2 Å². The maximum absolute atomic E-state index is 12.0. The molecule has 0 atom stereocenters. The maximum Gasteiger partial charge on any atom is 0.410 e. The highest BCUT2D eigenvalue weighted by atomic mass is 16.6. The smallest absolute Gasteiger partial charge is 0.410 e. The highest BCUT2D eigenvalue weighted by Gasteiger charge is 2.20. The summed E-state index contributed by atoms with van der Waals surface area (Å²) in [6.07, 6.45) is -0.359. The second kappa shape index (κ2) is 8.18. The SMILES string of the molecule is COC(=O)c1c(C)cc(N(C)CCN(C)C(=O)OC(C)(C)C)nc1C. The number of carbonyl (C=O) groups is 2. The average molecular weight is 351 g/mol. The van der Waals surface area contributed by atoms with E-state index < -0.39 is 5.60 Å². The summed E-state index contributed by atoms with van der Waals surface area (Å²) >= 11 is 0. The molecule has 0 spiro atoms. The molecule has 0 bridgehead atoms. The summed E-state index contributed by atoms with van der Waals surface area (Å²) in [5.74, 6) is 0.349. The van der Waals surface area contributed by atoms with E-state index in [0.717, 1.165) is 11.4 Å². The average Bonchev–Trinajstić information content (AvgIpc) is 2.49. The molecule has 1 amide bonds. The van der Waals surface area contributed by atoms with Gasteiger partial charge in [-0.3, -0.25) is 0 Å². The van der Waals surface area contributed by atoms with Crippen molar-refractivity contribution in [3.8, 4) is 0 Å². The Labute approximate surface area is 149 Å². The first-order valence-corrected chi connectivity index (χ1v) is 8.18. The summed E-state index contributed by atoms with van der Waals surface area (Å²) in [5, 5.41) is 0. The molecule has 0 aliphatic rings. The van der Waals surface area contributed by atoms with Crippen LogP contribution >= 0.6 is 0 Å². The molecule has 140 valence electrons. The minimum absolute atomic E-state index is 0.359. The second-order valence-corrected chi connectivity index (χ2v) is 7.07. The Balaban J connectivity index is 2.77. The number of anilines is 1. The molecule has 0 saturated carbocycles. The number of carbonyl (C=O) groups excluding carboxylic acids is 2. The zero-order valence-corrected chi connectivity index (χ0v) is 16.5. The Bertz CT molecular complexity index is 615. The van der Waals surface area contributed by atoms with Crippen LogP contribution in [0.3, 0.4) is 0 Å². The van der Waals surface area contributed by atoms with Crippen molar-refractivity contribution in [1.29, 1.82) is 0 Å². The van der Waals surface area contributed by atoms with Gasteiger partial charge >= 0.3 is 12.1 Å². The lowest BCUT2D eigenvalue weighted by Gasteiger charge is -2.27. The number of methoxy groups -OCH3 is 1. The fourth-order valence-corrected chi connectivity index (χ4v) is 2.26. The van der Waals surface area contributed by atoms with Gasteiger partial charge in [-0.15, -0.1) is 0 Å². The highest BCUT2D eigenvalue weighted by molar-refractivity contribution is 5.92. The number of aryl methyl sites for hydroxylation is 2. The summed E-state index contributed by atoms with van der Waals surface area (Å²) < 4.78 is 10.1. The van der Waals surface area contributed by atoms with Crippen LogP contribution in [0, 0.1) is 13.8 Å². The van der Waals surface area contributed by atoms with E-state index in [1.807, 2.05) is 45.7 Å². The van der Waals surface area contributed by atoms with E-state index in [1.165, 1.54) is 12.0 Å². The van der Waals surface area contributed by atoms with Crippen LogP contribution in [0.1, 0.15) is 42.4 Å². The standard InChI is InChI=1S/C18H29N3O4/c1-12-11-14(19-13(2)15(12)16(22)24-8)20(6)9-10-21(7)17(23)25-18(3,4)5/h11H,9-10H2,1-8H3. The van der Waals surface area contributed by atoms with E-state index in [0.29, 0.717) is 24.3 Å². The second-order valence-electron chi connectivity index (χ2n) is 7.07. The molecule has 0 saturated heterocycles. The van der Waals surface area contributed by atoms with Gasteiger partial charge in [-0.2, -0.15) is 0 Å². The first-order valence-electron chi connectivity index (χ1n) is 8.18. The largest absolute Gasteiger partial charge is 0.465 e. The van der Waals surface area contributed by atoms with Crippen molar-refractivity contribution in [2.24, 2.45) is 0 Å². The molecule has 0 N–H and O–H groups in total. The third-order valence-corrected chi connectivity index (χ3v) is 3.64. The molecule has 0 unspecified atom stereocenters. The van der Waals surface area contributed by atoms with E-state index in [9.17, 15) is 9.59 Å². The number of amides is 1. The van der Waals surface area contributed by atoms with Gasteiger partial charge in [-0.1, -0.05) is 0 Å². The summed E-state index contributed by atoms with van der Waals surface area (Å²) in [5.41, 5.74) is 1.40. The summed E-state index contributed by atoms with van der Waals surface area (Å²) in [6.45, 7) is 10.2. The minimum Gasteiger partial charge on any atom is -0.465 e. The van der Waals surface area contributed by atoms with Crippen molar-refractivity contribution < 1.29 is 19.1 Å². The van der Waals surface area contributed by atoms with Gasteiger partial charge in [0.2, 0.25) is 0 Å². The van der Waals surface area contributed by atoms with Gasteiger partial charge in [0.15, 0.2) is 0 Å². The van der Waals surface area contributed by atoms with Gasteiger partial charge < -0.3 is 19.3 Å². The van der Waals surface area contributed by atoms with Crippen LogP contribution in [-0.4, -0.2) is 61.8 Å². The molecule has 25 heavy (non-hydrogen) atoms. The molecule has 1 heterocycles. The molecule has 7 heteroatoms. The van der Waals surface area contributed by atoms with Crippen molar-refractivity contribution in [3.63, 3.8) is 0 Å². The molecule has 1 rings (SSSR count). The molecular formula is C18H29N3O4. The number of ether oxygens (including phenoxy) is 2. The Kier molecular flexibility index (Phi) is 6.78. The third-order valence-electron chi connectivity index (χ3n) is 3.64. The van der Waals surface area contributed by atoms with E-state index in [1.54, 1.807) is 14.0 Å². The summed E-state index contributed by atoms with van der Waals surface area (Å²) in [6, 6.07) is 1.84. The number of likely N-dealkylation sites (N-methyl/N-ethyl adjacent to an activating group) is 2. The highest BCUT2D eigenvalue weighted by Crippen LogP contribution is 2.19. The monoisotopic (exact) mass is 351 g/mol. The number of esters is 1. The number of aromatic nitrogens is 1. The van der Waals surface area contributed by atoms with Crippen LogP contribution < -0.4 is 4.90 Å². The van der Waals surface area contributed by atoms with E-state index in [-0.39, 0.29) is 12.1 Å². The molecule has 1 aromatic rings. The lowest BCUT2D eigenvalue weighted by Crippen LogP contribution is -2.38. The molecule has 0 aliphatic carbocycles. The van der Waals surface area contributed by atoms with Gasteiger partial charge in [0, 0.05) is 27.2 Å². The zero-order valence-electron chi connectivity index (χ0n) is 16.5. The molecule has 0 radical (unpaired) electrons. The third kappa shape index (κ3) is 5.92. The molecule has 1 aromatic heterocycles. The Morgan fingerprint density at radius 3 is 2.24 bits per heavy atom. The normalized spacial score (nSPS) is 11.0. The molecule has 0 fully saturated rings. The van der Waals surface area contributed by atoms with Gasteiger partial charge in [0.05, 0.1) is 18.4 Å². The van der Waals surface area contributed by atoms with Crippen LogP contribution in [0.4, 0.5) is 10.6 Å². The number of hydrogen-bond acceptors (Lipinski definition) is 6. The summed E-state index contributed by atoms with van der Waals surface area (Å²) in [4.78, 5) is 31.7. The van der Waals surface area contributed by atoms with Crippen molar-refractivity contribution >= 4 is 17.9 Å². The van der Waals surface area contributed by atoms with Crippen LogP contribution in [0.2, 0.25) is 0 Å². The van der Waals surface area contributed by atoms with E-state index in [4.69, 9.17) is 9.47 Å². The first-order chi connectivity index (χ1) is 11.5. The molecule has 7 nitrogen and oxygen atoms in total. The van der Waals surface area contributed by atoms with Crippen LogP contribution in [0.15, 0.2) is 6.07 Å². The molecule has 0 aliphatic heterocycles. The van der Waals surface area contributed by atoms with Crippen molar-refractivity contribution in [3.05, 3.63) is 22.9 Å². The van der Waals surface area contributed by atoms with E-state index in [2.05, 4.69) is 4.98 Å². The Morgan fingerprint density at radius 1 is 1.16 bits per heavy atom. The number of nitrogens with zero attached hydrogens (tertiary/aromatic N) is 3. The maximum atomic E-state index is 12.0. The number of pyridine rings is 1. The number of hydrogen-bond donors (Lipinski definition) is 0. The Hall–Kier alpha value is -2.31. The van der Waals surface area contributed by atoms with E-state index >= 15 is 0 Å². The fourth-order valence-electron chi connectivity index (χ4n) is 2.26. The Morgan fingerprint density at radius 2 is 1.76 bits per heavy atom. The molecular weight excluding hydrogens is 322 g/mol. The van der Waals surface area contributed by atoms with Crippen molar-refractivity contribution in [1.82, 2.24) is 9.88 Å². The minimum atomic E-state index is -0.517. The van der Waals surface area contributed by atoms with Gasteiger partial charge in [0.1, 0.15) is 11.4 Å². The fraction of sp³-hybridized carbons (Fsp3) is 0.611. The molecule has 0 aromatic carbocycles. The van der Waals surface area contributed by atoms with Gasteiger partial charge in [-0.25, -0.2) is 14.6 Å². The first kappa shape index (κ1) is 20.7. The van der Waals surface area contributed by atoms with Crippen LogP contribution in [0.5, 0.6) is 0 Å². The zero-order chi connectivity index (χ0) is 19.4. The summed E-state index contributed by atoms with van der Waals surface area (Å²) in [7, 11) is 4.95. The lowest BCUT2D eigenvalue weighted by molar-refractivity contribution is 0.0303. The predicted octanol–water partition coefficient (Wildman–Crippen LogP) is 2.79. The lowest BCUT2D eigenvalue weighted by atomic mass is 10.1. The quantitative estimate of drug-likeness (QED) is 0.760. The van der Waals surface area contributed by atoms with Crippen molar-refractivity contribution in [2.45, 2.75) is 40.2 Å². The van der Waals surface area contributed by atoms with Crippen LogP contribution in [-0.2, 0) is 9.47 Å². The predicted molar refractivity (Wildman–Crippen MR) is 97.2 cm³/mol. The number of rotatable bonds is 5. The van der Waals surface area contributed by atoms with Gasteiger partial charge in [0.25, 0.3) is 0 Å². The topological polar surface area (TPSA) is 72.0 Å². The van der Waals surface area contributed by atoms with Crippen molar-refractivity contribution in [2.75, 3.05) is 39.2 Å². The van der Waals surface area contributed by atoms with Crippen LogP contribution in [0.25, 0.3) is 0 Å².